The lowest BCUT2D eigenvalue weighted by Crippen LogP contribution is -2.46. The molecule has 3 heterocycles. The largest absolute Gasteiger partial charge is 0.352 e. The molecule has 4 aromatic rings. The van der Waals surface area contributed by atoms with Crippen LogP contribution in [0.15, 0.2) is 73.3 Å². The van der Waals surface area contributed by atoms with Gasteiger partial charge in [0.2, 0.25) is 0 Å². The number of rotatable bonds is 5. The van der Waals surface area contributed by atoms with Crippen LogP contribution in [0.25, 0.3) is 16.9 Å². The van der Waals surface area contributed by atoms with E-state index in [1.54, 1.807) is 41.3 Å². The number of halogens is 2. The minimum atomic E-state index is -0.268. The molecule has 32 heavy (non-hydrogen) atoms. The van der Waals surface area contributed by atoms with Gasteiger partial charge in [-0.3, -0.25) is 9.88 Å². The summed E-state index contributed by atoms with van der Waals surface area (Å²) in [6.45, 7) is 4.18. The Labute approximate surface area is 184 Å². The van der Waals surface area contributed by atoms with E-state index in [9.17, 15) is 8.78 Å². The highest BCUT2D eigenvalue weighted by atomic mass is 19.1. The predicted octanol–water partition coefficient (Wildman–Crippen LogP) is 3.93. The van der Waals surface area contributed by atoms with Gasteiger partial charge < -0.3 is 4.90 Å². The third-order valence-corrected chi connectivity index (χ3v) is 5.60. The fraction of sp³-hybridized carbons (Fsp3) is 0.208. The zero-order chi connectivity index (χ0) is 21.9. The highest BCUT2D eigenvalue weighted by Gasteiger charge is 2.22. The molecule has 5 rings (SSSR count). The predicted molar refractivity (Wildman–Crippen MR) is 118 cm³/mol. The number of benzene rings is 2. The molecule has 0 bridgehead atoms. The Morgan fingerprint density at radius 2 is 1.44 bits per heavy atom. The minimum Gasteiger partial charge on any atom is -0.352 e. The van der Waals surface area contributed by atoms with Gasteiger partial charge in [0.25, 0.3) is 0 Å². The topological polar surface area (TPSA) is 50.1 Å². The summed E-state index contributed by atoms with van der Waals surface area (Å²) in [5.74, 6) is 0.295. The van der Waals surface area contributed by atoms with Crippen LogP contribution < -0.4 is 4.90 Å². The van der Waals surface area contributed by atoms with E-state index >= 15 is 0 Å². The molecule has 6 nitrogen and oxygen atoms in total. The second-order valence-electron chi connectivity index (χ2n) is 7.77. The van der Waals surface area contributed by atoms with Crippen molar-refractivity contribution in [2.75, 3.05) is 31.1 Å². The van der Waals surface area contributed by atoms with Crippen LogP contribution in [0.1, 0.15) is 5.56 Å². The van der Waals surface area contributed by atoms with Crippen LogP contribution in [-0.4, -0.2) is 50.8 Å². The van der Waals surface area contributed by atoms with Crippen molar-refractivity contribution < 1.29 is 8.78 Å². The van der Waals surface area contributed by atoms with Crippen molar-refractivity contribution in [3.05, 3.63) is 90.5 Å². The highest BCUT2D eigenvalue weighted by Crippen LogP contribution is 2.27. The number of anilines is 1. The molecule has 162 valence electrons. The molecule has 0 N–H and O–H groups in total. The van der Waals surface area contributed by atoms with Gasteiger partial charge in [-0.1, -0.05) is 0 Å². The van der Waals surface area contributed by atoms with E-state index in [-0.39, 0.29) is 11.6 Å². The fourth-order valence-corrected chi connectivity index (χ4v) is 3.93. The van der Waals surface area contributed by atoms with E-state index in [0.717, 1.165) is 61.0 Å². The molecule has 1 aliphatic rings. The Morgan fingerprint density at radius 1 is 0.781 bits per heavy atom. The van der Waals surface area contributed by atoms with Crippen LogP contribution in [0.3, 0.4) is 0 Å². The molecule has 1 saturated heterocycles. The van der Waals surface area contributed by atoms with E-state index in [1.165, 1.54) is 24.3 Å². The van der Waals surface area contributed by atoms with Crippen molar-refractivity contribution >= 4 is 5.82 Å². The number of hydrogen-bond donors (Lipinski definition) is 0. The molecule has 1 aliphatic heterocycles. The van der Waals surface area contributed by atoms with Crippen molar-refractivity contribution in [3.63, 3.8) is 0 Å². The summed E-state index contributed by atoms with van der Waals surface area (Å²) in [4.78, 5) is 13.7. The molecule has 2 aromatic heterocycles. The lowest BCUT2D eigenvalue weighted by atomic mass is 10.1. The number of hydrogen-bond acceptors (Lipinski definition) is 5. The zero-order valence-electron chi connectivity index (χ0n) is 17.4. The van der Waals surface area contributed by atoms with Crippen LogP contribution >= 0.6 is 0 Å². The van der Waals surface area contributed by atoms with Gasteiger partial charge in [-0.25, -0.2) is 18.4 Å². The van der Waals surface area contributed by atoms with E-state index < -0.39 is 0 Å². The van der Waals surface area contributed by atoms with E-state index in [0.29, 0.717) is 0 Å². The maximum absolute atomic E-state index is 13.3. The van der Waals surface area contributed by atoms with E-state index in [4.69, 9.17) is 0 Å². The second-order valence-corrected chi connectivity index (χ2v) is 7.77. The highest BCUT2D eigenvalue weighted by molar-refractivity contribution is 5.72. The smallest absolute Gasteiger partial charge is 0.155 e. The molecule has 0 saturated carbocycles. The zero-order valence-corrected chi connectivity index (χ0v) is 17.4. The van der Waals surface area contributed by atoms with Gasteiger partial charge in [-0.05, 0) is 48.5 Å². The first kappa shape index (κ1) is 20.3. The van der Waals surface area contributed by atoms with Gasteiger partial charge in [0.15, 0.2) is 5.82 Å². The summed E-state index contributed by atoms with van der Waals surface area (Å²) in [5, 5.41) is 4.41. The third kappa shape index (κ3) is 4.36. The maximum Gasteiger partial charge on any atom is 0.155 e. The summed E-state index contributed by atoms with van der Waals surface area (Å²) in [5.41, 5.74) is 3.55. The van der Waals surface area contributed by atoms with Gasteiger partial charge >= 0.3 is 0 Å². The van der Waals surface area contributed by atoms with E-state index in [2.05, 4.69) is 24.9 Å². The van der Waals surface area contributed by atoms with Crippen molar-refractivity contribution in [2.45, 2.75) is 6.54 Å². The van der Waals surface area contributed by atoms with Crippen molar-refractivity contribution in [3.8, 4) is 16.9 Å². The Bertz CT molecular complexity index is 1180. The van der Waals surface area contributed by atoms with Crippen molar-refractivity contribution in [2.24, 2.45) is 0 Å². The van der Waals surface area contributed by atoms with Gasteiger partial charge in [-0.2, -0.15) is 5.10 Å². The Hall–Kier alpha value is -3.65. The van der Waals surface area contributed by atoms with E-state index in [1.807, 2.05) is 12.4 Å². The molecule has 0 amide bonds. The monoisotopic (exact) mass is 432 g/mol. The van der Waals surface area contributed by atoms with Crippen LogP contribution in [0.2, 0.25) is 0 Å². The second kappa shape index (κ2) is 8.84. The summed E-state index contributed by atoms with van der Waals surface area (Å²) in [6.07, 6.45) is 7.19. The molecular weight excluding hydrogens is 410 g/mol. The molecule has 0 atom stereocenters. The molecule has 0 radical (unpaired) electrons. The Balaban J connectivity index is 1.24. The molecule has 2 aromatic carbocycles. The summed E-state index contributed by atoms with van der Waals surface area (Å²) in [6, 6.07) is 12.6. The van der Waals surface area contributed by atoms with Crippen molar-refractivity contribution in [1.29, 1.82) is 0 Å². The standard InChI is InChI=1S/C24H22F2N6/c25-20-3-1-19(2-4-20)23-24(28-10-9-27-23)31-13-11-30(12-14-31)16-18-15-29-32(17-18)22-7-5-21(26)6-8-22/h1-10,15,17H,11-14,16H2. The third-order valence-electron chi connectivity index (χ3n) is 5.60. The van der Waals surface area contributed by atoms with Crippen LogP contribution in [0, 0.1) is 11.6 Å². The lowest BCUT2D eigenvalue weighted by Gasteiger charge is -2.35. The summed E-state index contributed by atoms with van der Waals surface area (Å²) < 4.78 is 28.2. The number of piperazine rings is 1. The van der Waals surface area contributed by atoms with Crippen LogP contribution in [0.4, 0.5) is 14.6 Å². The molecule has 0 aliphatic carbocycles. The quantitative estimate of drug-likeness (QED) is 0.478. The average molecular weight is 432 g/mol. The molecule has 8 heteroatoms. The van der Waals surface area contributed by atoms with Crippen LogP contribution in [0.5, 0.6) is 0 Å². The SMILES string of the molecule is Fc1ccc(-c2nccnc2N2CCN(Cc3cnn(-c4ccc(F)cc4)c3)CC2)cc1. The van der Waals surface area contributed by atoms with Gasteiger partial charge in [0.05, 0.1) is 11.9 Å². The number of nitrogens with zero attached hydrogens (tertiary/aromatic N) is 6. The first-order chi connectivity index (χ1) is 15.7. The Morgan fingerprint density at radius 3 is 2.16 bits per heavy atom. The number of aromatic nitrogens is 4. The van der Waals surface area contributed by atoms with Crippen LogP contribution in [-0.2, 0) is 6.54 Å². The molecule has 1 fully saturated rings. The summed E-state index contributed by atoms with van der Waals surface area (Å²) in [7, 11) is 0. The lowest BCUT2D eigenvalue weighted by molar-refractivity contribution is 0.249. The molecule has 0 spiro atoms. The normalized spacial score (nSPS) is 14.6. The molecule has 0 unspecified atom stereocenters. The summed E-state index contributed by atoms with van der Waals surface area (Å²) >= 11 is 0. The molecular formula is C24H22F2N6. The maximum atomic E-state index is 13.3. The van der Waals surface area contributed by atoms with Gasteiger partial charge in [0.1, 0.15) is 17.3 Å². The first-order valence-electron chi connectivity index (χ1n) is 10.5. The minimum absolute atomic E-state index is 0.260. The van der Waals surface area contributed by atoms with Gasteiger partial charge in [-0.15, -0.1) is 0 Å². The fourth-order valence-electron chi connectivity index (χ4n) is 3.93. The van der Waals surface area contributed by atoms with Crippen molar-refractivity contribution in [1.82, 2.24) is 24.6 Å². The Kier molecular flexibility index (Phi) is 5.60. The average Bonchev–Trinajstić information content (AvgIpc) is 3.29. The first-order valence-corrected chi connectivity index (χ1v) is 10.5. The van der Waals surface area contributed by atoms with Gasteiger partial charge in [0, 0.05) is 62.4 Å².